The molecule has 0 radical (unpaired) electrons. The molecule has 0 spiro atoms. The summed E-state index contributed by atoms with van der Waals surface area (Å²) >= 11 is 6.50. The Balaban J connectivity index is 1.61. The van der Waals surface area contributed by atoms with Gasteiger partial charge in [0, 0.05) is 47.9 Å². The largest absolute Gasteiger partial charge is 0.464 e. The number of nitriles is 1. The number of hydrogen-bond donors (Lipinski definition) is 0. The van der Waals surface area contributed by atoms with Crippen molar-refractivity contribution in [2.75, 3.05) is 37.8 Å². The van der Waals surface area contributed by atoms with Crippen LogP contribution in [0.15, 0.2) is 54.7 Å². The lowest BCUT2D eigenvalue weighted by molar-refractivity contribution is -0.128. The van der Waals surface area contributed by atoms with Crippen LogP contribution in [0.2, 0.25) is 5.02 Å². The van der Waals surface area contributed by atoms with Crippen molar-refractivity contribution < 1.29 is 18.3 Å². The van der Waals surface area contributed by atoms with Crippen molar-refractivity contribution in [1.82, 2.24) is 19.9 Å². The summed E-state index contributed by atoms with van der Waals surface area (Å²) < 4.78 is 34.4. The number of pyridine rings is 1. The first-order valence-corrected chi connectivity index (χ1v) is 13.2. The third-order valence-corrected chi connectivity index (χ3v) is 7.08. The molecule has 2 aromatic heterocycles. The van der Waals surface area contributed by atoms with E-state index in [1.54, 1.807) is 24.0 Å². The van der Waals surface area contributed by atoms with Crippen molar-refractivity contribution in [3.8, 4) is 23.3 Å². The number of amides is 1. The Morgan fingerprint density at radius 1 is 1.25 bits per heavy atom. The molecular weight excluding hydrogens is 538 g/mol. The summed E-state index contributed by atoms with van der Waals surface area (Å²) in [5, 5.41) is 11.8. The third kappa shape index (κ3) is 5.12. The molecule has 1 aliphatic rings. The quantitative estimate of drug-likeness (QED) is 0.275. The van der Waals surface area contributed by atoms with Crippen molar-refractivity contribution in [3.63, 3.8) is 0 Å². The zero-order valence-corrected chi connectivity index (χ0v) is 22.4. The van der Waals surface area contributed by atoms with Gasteiger partial charge in [-0.15, -0.1) is 0 Å². The molecule has 0 unspecified atom stereocenters. The molecule has 204 valence electrons. The lowest BCUT2D eigenvalue weighted by atomic mass is 10.0. The summed E-state index contributed by atoms with van der Waals surface area (Å²) in [6.45, 7) is 2.15. The number of carbonyl (C=O) groups is 1. The number of alkyl halides is 1. The van der Waals surface area contributed by atoms with Crippen molar-refractivity contribution in [2.45, 2.75) is 19.4 Å². The first-order valence-electron chi connectivity index (χ1n) is 12.8. The van der Waals surface area contributed by atoms with E-state index in [-0.39, 0.29) is 49.2 Å². The van der Waals surface area contributed by atoms with Gasteiger partial charge in [0.05, 0.1) is 30.5 Å². The smallest absolute Gasteiger partial charge is 0.319 e. The fraction of sp³-hybridized carbons (Fsp3) is 0.276. The molecule has 1 amide bonds. The van der Waals surface area contributed by atoms with Crippen LogP contribution in [0, 0.1) is 17.1 Å². The monoisotopic (exact) mass is 562 g/mol. The molecule has 0 aliphatic carbocycles. The molecule has 5 rings (SSSR count). The van der Waals surface area contributed by atoms with E-state index >= 15 is 4.39 Å². The van der Waals surface area contributed by atoms with Gasteiger partial charge in [0.15, 0.2) is 5.82 Å². The van der Waals surface area contributed by atoms with Crippen LogP contribution in [0.5, 0.6) is 6.01 Å². The van der Waals surface area contributed by atoms with E-state index in [2.05, 4.69) is 21.0 Å². The van der Waals surface area contributed by atoms with Gasteiger partial charge < -0.3 is 14.5 Å². The van der Waals surface area contributed by atoms with Gasteiger partial charge >= 0.3 is 6.01 Å². The van der Waals surface area contributed by atoms with Crippen molar-refractivity contribution >= 4 is 45.0 Å². The van der Waals surface area contributed by atoms with Gasteiger partial charge in [-0.1, -0.05) is 41.9 Å². The van der Waals surface area contributed by atoms with Gasteiger partial charge in [-0.2, -0.15) is 15.2 Å². The molecule has 1 atom stereocenters. The molecule has 1 fully saturated rings. The van der Waals surface area contributed by atoms with Crippen LogP contribution in [0.25, 0.3) is 32.9 Å². The molecule has 8 nitrogen and oxygen atoms in total. The molecule has 11 heteroatoms. The number of anilines is 1. The van der Waals surface area contributed by atoms with Crippen LogP contribution >= 0.6 is 11.6 Å². The summed E-state index contributed by atoms with van der Waals surface area (Å²) in [4.78, 5) is 29.4. The molecule has 0 saturated carbocycles. The Labute approximate surface area is 234 Å². The predicted molar refractivity (Wildman–Crippen MR) is 149 cm³/mol. The Hall–Kier alpha value is -4.36. The number of carbonyl (C=O) groups excluding carboxylic acids is 1. The predicted octanol–water partition coefficient (Wildman–Crippen LogP) is 5.49. The number of fused-ring (bicyclic) bond motifs is 2. The van der Waals surface area contributed by atoms with Gasteiger partial charge in [0.1, 0.15) is 23.7 Å². The van der Waals surface area contributed by atoms with Crippen LogP contribution < -0.4 is 9.64 Å². The second-order valence-corrected chi connectivity index (χ2v) is 9.55. The minimum atomic E-state index is -0.757. The highest BCUT2D eigenvalue weighted by Crippen LogP contribution is 2.37. The number of hydrogen-bond acceptors (Lipinski definition) is 7. The van der Waals surface area contributed by atoms with Crippen LogP contribution in [-0.2, 0) is 4.79 Å². The number of ether oxygens (including phenoxy) is 1. The molecule has 3 heterocycles. The maximum absolute atomic E-state index is 16.3. The normalized spacial score (nSPS) is 15.6. The molecular formula is C29H25ClF2N6O2. The van der Waals surface area contributed by atoms with Gasteiger partial charge in [0.2, 0.25) is 5.91 Å². The lowest BCUT2D eigenvalue weighted by Crippen LogP contribution is -2.55. The molecule has 40 heavy (non-hydrogen) atoms. The second kappa shape index (κ2) is 11.8. The van der Waals surface area contributed by atoms with Crippen molar-refractivity contribution in [1.29, 1.82) is 5.26 Å². The lowest BCUT2D eigenvalue weighted by Gasteiger charge is -2.41. The highest BCUT2D eigenvalue weighted by atomic mass is 35.5. The summed E-state index contributed by atoms with van der Waals surface area (Å²) in [7, 11) is 0. The van der Waals surface area contributed by atoms with Gasteiger partial charge in [-0.3, -0.25) is 9.78 Å². The zero-order chi connectivity index (χ0) is 28.2. The topological polar surface area (TPSA) is 95.2 Å². The highest BCUT2D eigenvalue weighted by Gasteiger charge is 2.32. The number of rotatable bonds is 7. The first kappa shape index (κ1) is 27.2. The minimum absolute atomic E-state index is 0.00165. The molecule has 1 aliphatic heterocycles. The second-order valence-electron chi connectivity index (χ2n) is 9.14. The van der Waals surface area contributed by atoms with Crippen LogP contribution in [0.4, 0.5) is 14.6 Å². The Kier molecular flexibility index (Phi) is 8.03. The average molecular weight is 563 g/mol. The van der Waals surface area contributed by atoms with Crippen LogP contribution in [0.3, 0.4) is 0 Å². The number of aromatic nitrogens is 3. The average Bonchev–Trinajstić information content (AvgIpc) is 2.96. The SMILES string of the molecule is CCOc1nc(N2CCN(C(=O)/C=C/CF)[C@@H](CC#N)C2)c2cnc(-c3cccc4cccc(Cl)c34)c(F)c2n1. The number of allylic oxidation sites excluding steroid dienone is 1. The van der Waals surface area contributed by atoms with Crippen molar-refractivity contribution in [2.24, 2.45) is 0 Å². The van der Waals surface area contributed by atoms with E-state index in [4.69, 9.17) is 16.3 Å². The molecule has 0 N–H and O–H groups in total. The maximum atomic E-state index is 16.3. The fourth-order valence-electron chi connectivity index (χ4n) is 5.00. The maximum Gasteiger partial charge on any atom is 0.319 e. The number of benzene rings is 2. The van der Waals surface area contributed by atoms with Gasteiger partial charge in [-0.05, 0) is 24.5 Å². The molecule has 1 saturated heterocycles. The standard InChI is InChI=1S/C29H25ClF2N6O2/c1-2-40-29-35-27-21(16-34-26(25(27)32)20-8-3-6-18-7-4-9-22(30)24(18)20)28(36-29)37-14-15-38(19(17-37)11-13-33)23(39)10-5-12-31/h3-10,16,19H,2,11-12,14-15,17H2,1H3/b10-5+/t19-/m0/s1. The van der Waals surface area contributed by atoms with Crippen LogP contribution in [-0.4, -0.2) is 64.7 Å². The van der Waals surface area contributed by atoms with E-state index in [1.165, 1.54) is 12.3 Å². The van der Waals surface area contributed by atoms with Gasteiger partial charge in [0.25, 0.3) is 0 Å². The summed E-state index contributed by atoms with van der Waals surface area (Å²) in [6, 6.07) is 12.6. The summed E-state index contributed by atoms with van der Waals surface area (Å²) in [6.07, 6.45) is 3.90. The van der Waals surface area contributed by atoms with E-state index < -0.39 is 18.5 Å². The Morgan fingerprint density at radius 2 is 2.05 bits per heavy atom. The van der Waals surface area contributed by atoms with E-state index in [1.807, 2.05) is 29.2 Å². The number of piperazine rings is 1. The van der Waals surface area contributed by atoms with Gasteiger partial charge in [-0.25, -0.2) is 8.78 Å². The molecule has 2 aromatic carbocycles. The zero-order valence-electron chi connectivity index (χ0n) is 21.6. The van der Waals surface area contributed by atoms with E-state index in [0.717, 1.165) is 11.5 Å². The number of halogens is 3. The fourth-order valence-corrected chi connectivity index (χ4v) is 5.28. The summed E-state index contributed by atoms with van der Waals surface area (Å²) in [5.74, 6) is -0.629. The first-order chi connectivity index (χ1) is 19.5. The van der Waals surface area contributed by atoms with E-state index in [0.29, 0.717) is 33.7 Å². The Bertz CT molecular complexity index is 1650. The Morgan fingerprint density at radius 3 is 2.80 bits per heavy atom. The van der Waals surface area contributed by atoms with Crippen LogP contribution in [0.1, 0.15) is 13.3 Å². The molecule has 4 aromatic rings. The summed E-state index contributed by atoms with van der Waals surface area (Å²) in [5.41, 5.74) is 0.655. The van der Waals surface area contributed by atoms with E-state index in [9.17, 15) is 14.4 Å². The molecule has 0 bridgehead atoms. The third-order valence-electron chi connectivity index (χ3n) is 6.77. The minimum Gasteiger partial charge on any atom is -0.464 e. The number of nitrogens with zero attached hydrogens (tertiary/aromatic N) is 6. The van der Waals surface area contributed by atoms with Crippen molar-refractivity contribution in [3.05, 3.63) is 65.6 Å². The highest BCUT2D eigenvalue weighted by molar-refractivity contribution is 6.36.